The number of aromatic hydroxyl groups is 1. The van der Waals surface area contributed by atoms with Crippen LogP contribution in [0.5, 0.6) is 5.75 Å². The van der Waals surface area contributed by atoms with Crippen molar-refractivity contribution in [3.05, 3.63) is 125 Å². The number of piperidine rings is 1. The molecule has 1 fully saturated rings. The lowest BCUT2D eigenvalue weighted by atomic mass is 10.0. The number of hydrogen-bond acceptors (Lipinski definition) is 11. The number of ether oxygens (including phenoxy) is 1. The lowest BCUT2D eigenvalue weighted by molar-refractivity contribution is -0.159. The number of carboxylic acids is 2. The van der Waals surface area contributed by atoms with Crippen molar-refractivity contribution in [1.29, 1.82) is 0 Å². The normalized spacial score (nSPS) is 13.0. The number of aliphatic hydroxyl groups is 1. The minimum Gasteiger partial charge on any atom is -0.506 e. The van der Waals surface area contributed by atoms with Crippen molar-refractivity contribution in [2.45, 2.75) is 57.3 Å². The monoisotopic (exact) mass is 896 g/mol. The van der Waals surface area contributed by atoms with Gasteiger partial charge in [-0.1, -0.05) is 66.7 Å². The SMILES string of the molecule is CN(CCCCC(=O)Nc1ccc(CNCC(O)c2ccc(O)c3[nH]c(=O)ccc23)cc1)C(=O)CCN1CCC(OC(=O)Nc2ccccc2-c2ccccc2)CC1.O.O=C(O)C(=O)O. The molecule has 0 spiro atoms. The summed E-state index contributed by atoms with van der Waals surface area (Å²) in [5.74, 6) is -3.73. The van der Waals surface area contributed by atoms with Crippen LogP contribution in [0.25, 0.3) is 22.0 Å². The number of pyridine rings is 1. The fourth-order valence-electron chi connectivity index (χ4n) is 7.15. The number of aliphatic carboxylic acids is 2. The number of nitrogens with one attached hydrogen (secondary N) is 4. The number of carbonyl (C=O) groups is 5. The zero-order chi connectivity index (χ0) is 46.0. The molecule has 18 nitrogen and oxygen atoms in total. The van der Waals surface area contributed by atoms with Gasteiger partial charge in [-0.2, -0.15) is 0 Å². The first-order chi connectivity index (χ1) is 30.8. The van der Waals surface area contributed by atoms with Gasteiger partial charge >= 0.3 is 18.0 Å². The van der Waals surface area contributed by atoms with Gasteiger partial charge in [0.1, 0.15) is 11.9 Å². The van der Waals surface area contributed by atoms with Crippen LogP contribution in [0.1, 0.15) is 55.8 Å². The van der Waals surface area contributed by atoms with Gasteiger partial charge in [-0.3, -0.25) is 19.7 Å². The van der Waals surface area contributed by atoms with E-state index in [1.807, 2.05) is 78.9 Å². The van der Waals surface area contributed by atoms with Gasteiger partial charge in [0.2, 0.25) is 17.4 Å². The Morgan fingerprint density at radius 2 is 1.51 bits per heavy atom. The number of amides is 3. The summed E-state index contributed by atoms with van der Waals surface area (Å²) in [5, 5.41) is 45.3. The molecule has 0 saturated carbocycles. The molecule has 346 valence electrons. The van der Waals surface area contributed by atoms with E-state index in [1.54, 1.807) is 24.1 Å². The average Bonchev–Trinajstić information content (AvgIpc) is 3.29. The number of aromatic amines is 1. The molecule has 1 aliphatic rings. The number of aliphatic hydroxyl groups excluding tert-OH is 1. The summed E-state index contributed by atoms with van der Waals surface area (Å²) >= 11 is 0. The van der Waals surface area contributed by atoms with Gasteiger partial charge in [0.05, 0.1) is 17.3 Å². The minimum absolute atomic E-state index is 0. The number of carboxylic acid groups (broad SMARTS) is 2. The van der Waals surface area contributed by atoms with E-state index in [9.17, 15) is 29.4 Å². The molecule has 0 aliphatic carbocycles. The Labute approximate surface area is 375 Å². The number of carbonyl (C=O) groups excluding carboxylic acids is 3. The molecule has 1 atom stereocenters. The van der Waals surface area contributed by atoms with E-state index in [-0.39, 0.29) is 41.2 Å². The number of unbranched alkanes of at least 4 members (excludes halogenated alkanes) is 1. The highest BCUT2D eigenvalue weighted by Crippen LogP contribution is 2.29. The molecule has 5 aromatic rings. The number of hydrogen-bond donors (Lipinski definition) is 8. The quantitative estimate of drug-likeness (QED) is 0.0464. The maximum atomic E-state index is 12.8. The Balaban J connectivity index is 0.00000124. The first kappa shape index (κ1) is 50.5. The van der Waals surface area contributed by atoms with E-state index in [1.165, 1.54) is 12.1 Å². The Bertz CT molecular complexity index is 2410. The number of para-hydroxylation sites is 1. The van der Waals surface area contributed by atoms with Gasteiger partial charge in [-0.15, -0.1) is 0 Å². The molecular weight excluding hydrogens is 841 g/mol. The first-order valence-corrected chi connectivity index (χ1v) is 20.9. The van der Waals surface area contributed by atoms with Gasteiger partial charge in [0, 0.05) is 81.9 Å². The Morgan fingerprint density at radius 3 is 2.20 bits per heavy atom. The van der Waals surface area contributed by atoms with Crippen molar-refractivity contribution in [3.63, 3.8) is 0 Å². The molecule has 1 aromatic heterocycles. The molecule has 1 aliphatic heterocycles. The molecular formula is C47H56N6O12. The maximum absolute atomic E-state index is 12.8. The van der Waals surface area contributed by atoms with E-state index in [0.717, 1.165) is 29.8 Å². The van der Waals surface area contributed by atoms with Gasteiger partial charge in [-0.05, 0) is 72.7 Å². The lowest BCUT2D eigenvalue weighted by Crippen LogP contribution is -2.40. The number of anilines is 2. The second-order valence-electron chi connectivity index (χ2n) is 15.3. The fraction of sp³-hybridized carbons (Fsp3) is 0.319. The van der Waals surface area contributed by atoms with Crippen LogP contribution in [0.4, 0.5) is 16.2 Å². The third-order valence-electron chi connectivity index (χ3n) is 10.6. The van der Waals surface area contributed by atoms with Crippen LogP contribution in [-0.4, -0.2) is 116 Å². The predicted octanol–water partition coefficient (Wildman–Crippen LogP) is 4.73. The van der Waals surface area contributed by atoms with Crippen LogP contribution in [0.15, 0.2) is 108 Å². The molecule has 2 heterocycles. The largest absolute Gasteiger partial charge is 0.506 e. The molecule has 18 heteroatoms. The number of nitrogens with zero attached hydrogens (tertiary/aromatic N) is 2. The van der Waals surface area contributed by atoms with Crippen molar-refractivity contribution in [2.24, 2.45) is 0 Å². The van der Waals surface area contributed by atoms with Crippen LogP contribution in [0.3, 0.4) is 0 Å². The second-order valence-corrected chi connectivity index (χ2v) is 15.3. The summed E-state index contributed by atoms with van der Waals surface area (Å²) in [6.07, 6.45) is 2.03. The average molecular weight is 897 g/mol. The summed E-state index contributed by atoms with van der Waals surface area (Å²) in [5.41, 5.74) is 4.86. The third kappa shape index (κ3) is 15.9. The Hall–Kier alpha value is -7.12. The predicted molar refractivity (Wildman–Crippen MR) is 244 cm³/mol. The molecule has 10 N–H and O–H groups in total. The van der Waals surface area contributed by atoms with Gasteiger partial charge in [0.25, 0.3) is 0 Å². The van der Waals surface area contributed by atoms with Crippen LogP contribution in [-0.2, 0) is 30.5 Å². The van der Waals surface area contributed by atoms with Crippen molar-refractivity contribution < 1.29 is 54.6 Å². The second kappa shape index (κ2) is 25.2. The number of phenolic OH excluding ortho intramolecular Hbond substituents is 1. The van der Waals surface area contributed by atoms with E-state index >= 15 is 0 Å². The van der Waals surface area contributed by atoms with Crippen molar-refractivity contribution in [1.82, 2.24) is 20.1 Å². The highest BCUT2D eigenvalue weighted by molar-refractivity contribution is 6.27. The third-order valence-corrected chi connectivity index (χ3v) is 10.6. The molecule has 1 saturated heterocycles. The standard InChI is InChI=1S/C45H52N6O7.C2H2O4.H2O/c1-50(43(56)24-28-51-26-22-34(23-27-51)58-45(57)48-38-12-6-5-11-35(38)32-9-3-2-4-10-32)25-8-7-13-41(54)47-33-16-14-31(15-17-33)29-46-30-40(53)36-18-20-39(52)44-37(36)19-21-42(55)49-44;3-1(4)2(5)6;/h2-6,9-12,14-21,34,40,46,52-53H,7-8,13,22-30H2,1H3,(H,47,54)(H,48,57)(H,49,55);(H,3,4)(H,5,6);1H2. The number of fused-ring (bicyclic) bond motifs is 1. The van der Waals surface area contributed by atoms with Gasteiger partial charge < -0.3 is 56.1 Å². The highest BCUT2D eigenvalue weighted by atomic mass is 16.6. The first-order valence-electron chi connectivity index (χ1n) is 20.9. The topological polar surface area (TPSA) is 282 Å². The molecule has 6 rings (SSSR count). The fourth-order valence-corrected chi connectivity index (χ4v) is 7.15. The molecule has 65 heavy (non-hydrogen) atoms. The molecule has 0 bridgehead atoms. The Kier molecular flexibility index (Phi) is 19.6. The summed E-state index contributed by atoms with van der Waals surface area (Å²) in [7, 11) is 1.80. The Morgan fingerprint density at radius 1 is 0.831 bits per heavy atom. The van der Waals surface area contributed by atoms with Crippen LogP contribution in [0.2, 0.25) is 0 Å². The summed E-state index contributed by atoms with van der Waals surface area (Å²) in [4.78, 5) is 74.6. The minimum atomic E-state index is -1.82. The van der Waals surface area contributed by atoms with Crippen LogP contribution in [0, 0.1) is 0 Å². The molecule has 1 unspecified atom stereocenters. The maximum Gasteiger partial charge on any atom is 0.414 e. The number of likely N-dealkylation sites (tertiary alicyclic amines) is 1. The van der Waals surface area contributed by atoms with Crippen molar-refractivity contribution in [2.75, 3.05) is 50.4 Å². The van der Waals surface area contributed by atoms with Crippen LogP contribution >= 0.6 is 0 Å². The number of rotatable bonds is 17. The van der Waals surface area contributed by atoms with E-state index < -0.39 is 24.1 Å². The lowest BCUT2D eigenvalue weighted by Gasteiger charge is -2.31. The van der Waals surface area contributed by atoms with E-state index in [0.29, 0.717) is 86.0 Å². The summed E-state index contributed by atoms with van der Waals surface area (Å²) < 4.78 is 5.75. The molecule has 4 aromatic carbocycles. The number of H-pyrrole nitrogens is 1. The summed E-state index contributed by atoms with van der Waals surface area (Å²) in [6, 6.07) is 31.1. The summed E-state index contributed by atoms with van der Waals surface area (Å²) in [6.45, 7) is 3.46. The van der Waals surface area contributed by atoms with E-state index in [2.05, 4.69) is 25.8 Å². The molecule has 3 amide bonds. The smallest absolute Gasteiger partial charge is 0.414 e. The van der Waals surface area contributed by atoms with Crippen molar-refractivity contribution >= 4 is 52.1 Å². The zero-order valence-corrected chi connectivity index (χ0v) is 36.0. The number of benzene rings is 4. The number of aromatic nitrogens is 1. The highest BCUT2D eigenvalue weighted by Gasteiger charge is 2.24. The van der Waals surface area contributed by atoms with Crippen molar-refractivity contribution in [3.8, 4) is 16.9 Å². The van der Waals surface area contributed by atoms with Gasteiger partial charge in [0.15, 0.2) is 0 Å². The van der Waals surface area contributed by atoms with E-state index in [4.69, 9.17) is 24.5 Å². The van der Waals surface area contributed by atoms with Crippen LogP contribution < -0.4 is 21.5 Å². The van der Waals surface area contributed by atoms with Gasteiger partial charge in [-0.25, -0.2) is 14.4 Å². The molecule has 0 radical (unpaired) electrons. The zero-order valence-electron chi connectivity index (χ0n) is 36.0. The number of phenols is 1.